The van der Waals surface area contributed by atoms with Gasteiger partial charge in [-0.2, -0.15) is 0 Å². The number of H-pyrrole nitrogens is 1. The van der Waals surface area contributed by atoms with Gasteiger partial charge in [0.2, 0.25) is 11.8 Å². The summed E-state index contributed by atoms with van der Waals surface area (Å²) >= 11 is 0. The molecule has 0 fully saturated rings. The van der Waals surface area contributed by atoms with E-state index in [1.807, 2.05) is 0 Å². The zero-order chi connectivity index (χ0) is 16.4. The van der Waals surface area contributed by atoms with Gasteiger partial charge in [0, 0.05) is 52.0 Å². The van der Waals surface area contributed by atoms with Gasteiger partial charge in [-0.05, 0) is 6.42 Å². The van der Waals surface area contributed by atoms with Crippen molar-refractivity contribution in [2.45, 2.75) is 25.3 Å². The van der Waals surface area contributed by atoms with E-state index in [9.17, 15) is 9.59 Å². The Morgan fingerprint density at radius 2 is 2.23 bits per heavy atom. The number of nitrogens with one attached hydrogen (secondary N) is 2. The molecule has 0 aliphatic rings. The number of aromatic nitrogens is 2. The van der Waals surface area contributed by atoms with Gasteiger partial charge < -0.3 is 25.7 Å². The first kappa shape index (κ1) is 18.1. The average molecular weight is 311 g/mol. The molecule has 8 heteroatoms. The smallest absolute Gasteiger partial charge is 0.237 e. The summed E-state index contributed by atoms with van der Waals surface area (Å²) in [7, 11) is 3.45. The molecule has 0 aliphatic carbocycles. The van der Waals surface area contributed by atoms with Crippen LogP contribution in [0.4, 0.5) is 0 Å². The predicted molar refractivity (Wildman–Crippen MR) is 82.0 cm³/mol. The van der Waals surface area contributed by atoms with Crippen LogP contribution in [-0.2, 0) is 20.7 Å². The van der Waals surface area contributed by atoms with Crippen LogP contribution in [0.25, 0.3) is 0 Å². The molecule has 124 valence electrons. The van der Waals surface area contributed by atoms with Crippen molar-refractivity contribution < 1.29 is 14.3 Å². The Labute approximate surface area is 130 Å². The molecule has 1 aromatic rings. The Morgan fingerprint density at radius 3 is 2.86 bits per heavy atom. The van der Waals surface area contributed by atoms with Crippen LogP contribution in [0, 0.1) is 0 Å². The van der Waals surface area contributed by atoms with Crippen molar-refractivity contribution in [3.8, 4) is 0 Å². The Morgan fingerprint density at radius 1 is 1.45 bits per heavy atom. The summed E-state index contributed by atoms with van der Waals surface area (Å²) in [5.41, 5.74) is 6.61. The molecule has 0 aliphatic heterocycles. The van der Waals surface area contributed by atoms with Crippen LogP contribution in [0.3, 0.4) is 0 Å². The number of hydrogen-bond acceptors (Lipinski definition) is 5. The third kappa shape index (κ3) is 7.19. The van der Waals surface area contributed by atoms with Crippen molar-refractivity contribution in [1.29, 1.82) is 0 Å². The van der Waals surface area contributed by atoms with Crippen LogP contribution in [0.5, 0.6) is 0 Å². The monoisotopic (exact) mass is 311 g/mol. The summed E-state index contributed by atoms with van der Waals surface area (Å²) in [5, 5.41) is 2.71. The summed E-state index contributed by atoms with van der Waals surface area (Å²) in [6.45, 7) is 1.30. The maximum absolute atomic E-state index is 11.7. The minimum Gasteiger partial charge on any atom is -0.380 e. The fraction of sp³-hybridized carbons (Fsp3) is 0.643. The summed E-state index contributed by atoms with van der Waals surface area (Å²) in [4.78, 5) is 31.4. The van der Waals surface area contributed by atoms with Crippen molar-refractivity contribution in [2.75, 3.05) is 33.9 Å². The van der Waals surface area contributed by atoms with Gasteiger partial charge in [0.1, 0.15) is 0 Å². The van der Waals surface area contributed by atoms with Crippen molar-refractivity contribution in [1.82, 2.24) is 20.2 Å². The fourth-order valence-electron chi connectivity index (χ4n) is 1.75. The van der Waals surface area contributed by atoms with Crippen LogP contribution in [0.2, 0.25) is 0 Å². The van der Waals surface area contributed by atoms with E-state index >= 15 is 0 Å². The lowest BCUT2D eigenvalue weighted by Gasteiger charge is -2.12. The van der Waals surface area contributed by atoms with Gasteiger partial charge in [0.25, 0.3) is 0 Å². The third-order valence-electron chi connectivity index (χ3n) is 3.06. The van der Waals surface area contributed by atoms with Crippen LogP contribution < -0.4 is 11.1 Å². The number of hydrogen-bond donors (Lipinski definition) is 3. The Hall–Kier alpha value is -1.93. The van der Waals surface area contributed by atoms with Gasteiger partial charge in [-0.3, -0.25) is 9.59 Å². The lowest BCUT2D eigenvalue weighted by atomic mass is 10.1. The van der Waals surface area contributed by atoms with E-state index in [0.29, 0.717) is 39.0 Å². The van der Waals surface area contributed by atoms with Crippen LogP contribution >= 0.6 is 0 Å². The zero-order valence-electron chi connectivity index (χ0n) is 13.2. The highest BCUT2D eigenvalue weighted by Crippen LogP contribution is 1.96. The van der Waals surface area contributed by atoms with Gasteiger partial charge >= 0.3 is 0 Å². The van der Waals surface area contributed by atoms with E-state index in [0.717, 1.165) is 5.69 Å². The summed E-state index contributed by atoms with van der Waals surface area (Å²) in [5.74, 6) is -0.136. The molecule has 1 aromatic heterocycles. The second kappa shape index (κ2) is 9.91. The Kier molecular flexibility index (Phi) is 8.16. The minimum absolute atomic E-state index is 0.0849. The van der Waals surface area contributed by atoms with Gasteiger partial charge in [0.15, 0.2) is 0 Å². The topological polar surface area (TPSA) is 113 Å². The van der Waals surface area contributed by atoms with E-state index in [1.54, 1.807) is 31.5 Å². The highest BCUT2D eigenvalue weighted by Gasteiger charge is 2.14. The molecule has 22 heavy (non-hydrogen) atoms. The second-order valence-electron chi connectivity index (χ2n) is 5.18. The molecule has 1 unspecified atom stereocenters. The van der Waals surface area contributed by atoms with Gasteiger partial charge in [-0.1, -0.05) is 0 Å². The minimum atomic E-state index is -0.613. The van der Waals surface area contributed by atoms with E-state index in [2.05, 4.69) is 15.3 Å². The number of aromatic amines is 1. The van der Waals surface area contributed by atoms with E-state index in [-0.39, 0.29) is 11.8 Å². The first-order chi connectivity index (χ1) is 10.5. The van der Waals surface area contributed by atoms with E-state index in [4.69, 9.17) is 10.5 Å². The maximum Gasteiger partial charge on any atom is 0.237 e. The Balaban J connectivity index is 2.02. The number of nitrogens with zero attached hydrogens (tertiary/aromatic N) is 2. The quantitative estimate of drug-likeness (QED) is 0.494. The average Bonchev–Trinajstić information content (AvgIpc) is 2.98. The van der Waals surface area contributed by atoms with E-state index in [1.165, 1.54) is 0 Å². The van der Waals surface area contributed by atoms with Crippen LogP contribution in [0.15, 0.2) is 12.5 Å². The first-order valence-corrected chi connectivity index (χ1v) is 7.29. The summed E-state index contributed by atoms with van der Waals surface area (Å²) in [6, 6.07) is -0.613. The molecule has 0 aromatic carbocycles. The van der Waals surface area contributed by atoms with Gasteiger partial charge in [0.05, 0.1) is 19.0 Å². The molecule has 4 N–H and O–H groups in total. The summed E-state index contributed by atoms with van der Waals surface area (Å²) < 4.78 is 5.36. The molecule has 1 rings (SSSR count). The highest BCUT2D eigenvalue weighted by atomic mass is 16.5. The molecule has 0 radical (unpaired) electrons. The highest BCUT2D eigenvalue weighted by molar-refractivity contribution is 5.81. The molecule has 0 bridgehead atoms. The molecular weight excluding hydrogens is 286 g/mol. The SMILES string of the molecule is CN(C)C(=O)CCCOCCNC(=O)C(N)Cc1cnc[nH]1. The number of amides is 2. The molecule has 1 atom stereocenters. The van der Waals surface area contributed by atoms with Crippen molar-refractivity contribution in [3.05, 3.63) is 18.2 Å². The maximum atomic E-state index is 11.7. The lowest BCUT2D eigenvalue weighted by molar-refractivity contribution is -0.129. The van der Waals surface area contributed by atoms with E-state index < -0.39 is 6.04 Å². The van der Waals surface area contributed by atoms with Crippen molar-refractivity contribution in [3.63, 3.8) is 0 Å². The van der Waals surface area contributed by atoms with Crippen LogP contribution in [0.1, 0.15) is 18.5 Å². The molecular formula is C14H25N5O3. The normalized spacial score (nSPS) is 12.0. The molecule has 1 heterocycles. The standard InChI is InChI=1S/C14H25N5O3/c1-19(2)13(20)4-3-6-22-7-5-17-14(21)12(15)8-11-9-16-10-18-11/h9-10,12H,3-8,15H2,1-2H3,(H,16,18)(H,17,21). The molecule has 0 saturated heterocycles. The van der Waals surface area contributed by atoms with Crippen LogP contribution in [-0.4, -0.2) is 66.6 Å². The van der Waals surface area contributed by atoms with Gasteiger partial charge in [-0.15, -0.1) is 0 Å². The largest absolute Gasteiger partial charge is 0.380 e. The Bertz CT molecular complexity index is 447. The molecule has 2 amide bonds. The molecule has 0 spiro atoms. The number of carbonyl (C=O) groups is 2. The molecule has 0 saturated carbocycles. The first-order valence-electron chi connectivity index (χ1n) is 7.29. The lowest BCUT2D eigenvalue weighted by Crippen LogP contribution is -2.43. The summed E-state index contributed by atoms with van der Waals surface area (Å²) in [6.07, 6.45) is 4.75. The number of carbonyl (C=O) groups excluding carboxylic acids is 2. The van der Waals surface area contributed by atoms with Crippen molar-refractivity contribution in [2.24, 2.45) is 5.73 Å². The second-order valence-corrected chi connectivity index (χ2v) is 5.18. The fourth-order valence-corrected chi connectivity index (χ4v) is 1.75. The number of ether oxygens (including phenoxy) is 1. The number of nitrogens with two attached hydrogens (primary N) is 1. The number of imidazole rings is 1. The predicted octanol–water partition coefficient (Wildman–Crippen LogP) is -0.719. The number of rotatable bonds is 10. The van der Waals surface area contributed by atoms with Gasteiger partial charge in [-0.25, -0.2) is 4.98 Å². The third-order valence-corrected chi connectivity index (χ3v) is 3.06. The zero-order valence-corrected chi connectivity index (χ0v) is 13.2. The molecule has 8 nitrogen and oxygen atoms in total. The van der Waals surface area contributed by atoms with Crippen molar-refractivity contribution >= 4 is 11.8 Å².